The molecule has 0 aliphatic heterocycles. The Bertz CT molecular complexity index is 615. The van der Waals surface area contributed by atoms with E-state index in [1.807, 2.05) is 0 Å². The van der Waals surface area contributed by atoms with Gasteiger partial charge >= 0.3 is 0 Å². The molecule has 0 atom stereocenters. The van der Waals surface area contributed by atoms with Gasteiger partial charge in [-0.3, -0.25) is 4.79 Å². The monoisotopic (exact) mass is 282 g/mol. The van der Waals surface area contributed by atoms with Gasteiger partial charge in [-0.1, -0.05) is 0 Å². The Balaban J connectivity index is 1.78. The average Bonchev–Trinajstić information content (AvgIpc) is 2.83. The molecule has 1 amide bonds. The smallest absolute Gasteiger partial charge is 0.258 e. The zero-order chi connectivity index (χ0) is 14.5. The standard InChI is InChI=1S/C12H12F2N4O2/c1-18-16-6-8(17-18)5-15-12(19)7-20-9-2-3-10(13)11(14)4-9/h2-4,6H,5,7H2,1H3,(H,15,19). The molecule has 1 N–H and O–H groups in total. The summed E-state index contributed by atoms with van der Waals surface area (Å²) in [6.07, 6.45) is 1.52. The van der Waals surface area contributed by atoms with E-state index in [1.54, 1.807) is 7.05 Å². The molecule has 8 heteroatoms. The highest BCUT2D eigenvalue weighted by Crippen LogP contribution is 2.15. The fraction of sp³-hybridized carbons (Fsp3) is 0.250. The van der Waals surface area contributed by atoms with Crippen LogP contribution in [-0.4, -0.2) is 27.5 Å². The summed E-state index contributed by atoms with van der Waals surface area (Å²) >= 11 is 0. The van der Waals surface area contributed by atoms with E-state index in [1.165, 1.54) is 17.1 Å². The van der Waals surface area contributed by atoms with E-state index in [9.17, 15) is 13.6 Å². The molecule has 0 bridgehead atoms. The Morgan fingerprint density at radius 1 is 1.40 bits per heavy atom. The summed E-state index contributed by atoms with van der Waals surface area (Å²) in [7, 11) is 1.66. The minimum atomic E-state index is -1.03. The van der Waals surface area contributed by atoms with Crippen molar-refractivity contribution in [2.24, 2.45) is 7.05 Å². The number of halogens is 2. The Morgan fingerprint density at radius 2 is 2.20 bits per heavy atom. The molecule has 1 aromatic carbocycles. The van der Waals surface area contributed by atoms with E-state index in [2.05, 4.69) is 15.5 Å². The third-order valence-corrected chi connectivity index (χ3v) is 2.37. The maximum atomic E-state index is 12.9. The Labute approximate surface area is 113 Å². The van der Waals surface area contributed by atoms with Crippen molar-refractivity contribution in [3.8, 4) is 5.75 Å². The van der Waals surface area contributed by atoms with Crippen LogP contribution in [-0.2, 0) is 18.4 Å². The second-order valence-electron chi connectivity index (χ2n) is 3.97. The predicted molar refractivity (Wildman–Crippen MR) is 64.7 cm³/mol. The molecule has 0 aliphatic rings. The zero-order valence-corrected chi connectivity index (χ0v) is 10.6. The molecule has 106 valence electrons. The maximum absolute atomic E-state index is 12.9. The lowest BCUT2D eigenvalue weighted by Gasteiger charge is -2.06. The van der Waals surface area contributed by atoms with Crippen LogP contribution in [0.2, 0.25) is 0 Å². The van der Waals surface area contributed by atoms with Crippen LogP contribution < -0.4 is 10.1 Å². The first-order valence-corrected chi connectivity index (χ1v) is 5.74. The van der Waals surface area contributed by atoms with E-state index < -0.39 is 17.5 Å². The fourth-order valence-electron chi connectivity index (χ4n) is 1.42. The number of benzene rings is 1. The first kappa shape index (κ1) is 13.9. The molecule has 0 fully saturated rings. The number of nitrogens with one attached hydrogen (secondary N) is 1. The van der Waals surface area contributed by atoms with E-state index in [4.69, 9.17) is 4.74 Å². The van der Waals surface area contributed by atoms with Gasteiger partial charge in [-0.05, 0) is 12.1 Å². The number of hydrogen-bond donors (Lipinski definition) is 1. The minimum absolute atomic E-state index is 0.0820. The summed E-state index contributed by atoms with van der Waals surface area (Å²) in [4.78, 5) is 12.9. The van der Waals surface area contributed by atoms with Crippen LogP contribution >= 0.6 is 0 Å². The molecule has 6 nitrogen and oxygen atoms in total. The summed E-state index contributed by atoms with van der Waals surface area (Å²) in [6, 6.07) is 3.06. The largest absolute Gasteiger partial charge is 0.484 e. The van der Waals surface area contributed by atoms with Crippen molar-refractivity contribution < 1.29 is 18.3 Å². The van der Waals surface area contributed by atoms with Crippen molar-refractivity contribution in [3.63, 3.8) is 0 Å². The van der Waals surface area contributed by atoms with Crippen LogP contribution in [0.5, 0.6) is 5.75 Å². The van der Waals surface area contributed by atoms with Gasteiger partial charge < -0.3 is 10.1 Å². The van der Waals surface area contributed by atoms with Gasteiger partial charge in [0.25, 0.3) is 5.91 Å². The molecule has 0 radical (unpaired) electrons. The van der Waals surface area contributed by atoms with Crippen LogP contribution in [0.3, 0.4) is 0 Å². The maximum Gasteiger partial charge on any atom is 0.258 e. The topological polar surface area (TPSA) is 69.0 Å². The van der Waals surface area contributed by atoms with Crippen LogP contribution in [0.25, 0.3) is 0 Å². The van der Waals surface area contributed by atoms with Crippen LogP contribution in [0, 0.1) is 11.6 Å². The molecular formula is C12H12F2N4O2. The molecule has 0 unspecified atom stereocenters. The van der Waals surface area contributed by atoms with Crippen molar-refractivity contribution >= 4 is 5.91 Å². The van der Waals surface area contributed by atoms with Crippen LogP contribution in [0.4, 0.5) is 8.78 Å². The number of aryl methyl sites for hydroxylation is 1. The fourth-order valence-corrected chi connectivity index (χ4v) is 1.42. The quantitative estimate of drug-likeness (QED) is 0.880. The van der Waals surface area contributed by atoms with Gasteiger partial charge in [-0.25, -0.2) is 8.78 Å². The van der Waals surface area contributed by atoms with Gasteiger partial charge in [0.15, 0.2) is 18.2 Å². The number of hydrogen-bond acceptors (Lipinski definition) is 4. The molecule has 20 heavy (non-hydrogen) atoms. The molecule has 0 aliphatic carbocycles. The van der Waals surface area contributed by atoms with Crippen molar-refractivity contribution in [2.75, 3.05) is 6.61 Å². The van der Waals surface area contributed by atoms with Crippen LogP contribution in [0.15, 0.2) is 24.4 Å². The molecular weight excluding hydrogens is 270 g/mol. The summed E-state index contributed by atoms with van der Waals surface area (Å²) in [5, 5.41) is 10.4. The molecule has 1 aromatic heterocycles. The summed E-state index contributed by atoms with van der Waals surface area (Å²) in [5.74, 6) is -2.31. The van der Waals surface area contributed by atoms with Gasteiger partial charge in [0, 0.05) is 13.1 Å². The number of amides is 1. The Kier molecular flexibility index (Phi) is 4.24. The lowest BCUT2D eigenvalue weighted by Crippen LogP contribution is -2.28. The molecule has 1 heterocycles. The van der Waals surface area contributed by atoms with Gasteiger partial charge in [0.1, 0.15) is 11.4 Å². The van der Waals surface area contributed by atoms with Crippen molar-refractivity contribution in [3.05, 3.63) is 41.7 Å². The minimum Gasteiger partial charge on any atom is -0.484 e. The third-order valence-electron chi connectivity index (χ3n) is 2.37. The van der Waals surface area contributed by atoms with Gasteiger partial charge in [0.05, 0.1) is 12.7 Å². The van der Waals surface area contributed by atoms with Gasteiger partial charge in [0.2, 0.25) is 0 Å². The molecule has 0 saturated carbocycles. The van der Waals surface area contributed by atoms with Crippen LogP contribution in [0.1, 0.15) is 5.69 Å². The van der Waals surface area contributed by atoms with E-state index in [0.717, 1.165) is 12.1 Å². The lowest BCUT2D eigenvalue weighted by molar-refractivity contribution is -0.123. The number of ether oxygens (including phenoxy) is 1. The highest BCUT2D eigenvalue weighted by molar-refractivity contribution is 5.77. The summed E-state index contributed by atoms with van der Waals surface area (Å²) < 4.78 is 30.6. The Morgan fingerprint density at radius 3 is 2.85 bits per heavy atom. The zero-order valence-electron chi connectivity index (χ0n) is 10.6. The molecule has 0 spiro atoms. The summed E-state index contributed by atoms with van der Waals surface area (Å²) in [5.41, 5.74) is 0.605. The number of nitrogens with zero attached hydrogens (tertiary/aromatic N) is 3. The Hall–Kier alpha value is -2.51. The predicted octanol–water partition coefficient (Wildman–Crippen LogP) is 0.788. The number of rotatable bonds is 5. The molecule has 2 rings (SSSR count). The van der Waals surface area contributed by atoms with Gasteiger partial charge in [-0.15, -0.1) is 0 Å². The lowest BCUT2D eigenvalue weighted by atomic mass is 10.3. The second kappa shape index (κ2) is 6.09. The molecule has 0 saturated heterocycles. The van der Waals surface area contributed by atoms with E-state index in [-0.39, 0.29) is 18.9 Å². The van der Waals surface area contributed by atoms with Crippen molar-refractivity contribution in [1.82, 2.24) is 20.3 Å². The first-order valence-electron chi connectivity index (χ1n) is 5.74. The summed E-state index contributed by atoms with van der Waals surface area (Å²) in [6.45, 7) is -0.0842. The first-order chi connectivity index (χ1) is 9.54. The number of carbonyl (C=O) groups is 1. The van der Waals surface area contributed by atoms with Crippen molar-refractivity contribution in [2.45, 2.75) is 6.54 Å². The number of aromatic nitrogens is 3. The average molecular weight is 282 g/mol. The number of carbonyl (C=O) groups excluding carboxylic acids is 1. The molecule has 2 aromatic rings. The highest BCUT2D eigenvalue weighted by Gasteiger charge is 2.07. The third kappa shape index (κ3) is 3.74. The van der Waals surface area contributed by atoms with E-state index >= 15 is 0 Å². The second-order valence-corrected chi connectivity index (χ2v) is 3.97. The van der Waals surface area contributed by atoms with Crippen molar-refractivity contribution in [1.29, 1.82) is 0 Å². The highest BCUT2D eigenvalue weighted by atomic mass is 19.2. The van der Waals surface area contributed by atoms with E-state index in [0.29, 0.717) is 5.69 Å². The normalized spacial score (nSPS) is 10.3. The SMILES string of the molecule is Cn1ncc(CNC(=O)COc2ccc(F)c(F)c2)n1. The van der Waals surface area contributed by atoms with Gasteiger partial charge in [-0.2, -0.15) is 15.0 Å².